The normalized spacial score (nSPS) is 17.3. The van der Waals surface area contributed by atoms with Crippen LogP contribution in [-0.2, 0) is 14.8 Å². The molecule has 0 radical (unpaired) electrons. The number of hydrogen-bond donors (Lipinski definition) is 0. The lowest BCUT2D eigenvalue weighted by Crippen LogP contribution is -2.37. The molecule has 0 aromatic heterocycles. The van der Waals surface area contributed by atoms with Crippen LogP contribution >= 0.6 is 0 Å². The lowest BCUT2D eigenvalue weighted by molar-refractivity contribution is -0.131. The molecular weight excluding hydrogens is 307 g/mol. The summed E-state index contributed by atoms with van der Waals surface area (Å²) < 4.78 is 39.4. The van der Waals surface area contributed by atoms with Gasteiger partial charge in [-0.3, -0.25) is 4.79 Å². The highest BCUT2D eigenvalue weighted by Gasteiger charge is 2.27. The van der Waals surface area contributed by atoms with E-state index in [1.165, 1.54) is 16.4 Å². The molecule has 122 valence electrons. The first kappa shape index (κ1) is 16.9. The molecule has 1 amide bonds. The SMILES string of the molecule is CCCC(=O)N1CCCN(S(=O)(=O)c2ccc(F)cc2)CC1. The van der Waals surface area contributed by atoms with Crippen LogP contribution in [0.4, 0.5) is 4.39 Å². The van der Waals surface area contributed by atoms with E-state index in [0.717, 1.165) is 18.6 Å². The highest BCUT2D eigenvalue weighted by molar-refractivity contribution is 7.89. The molecule has 1 aromatic carbocycles. The van der Waals surface area contributed by atoms with Gasteiger partial charge in [0.25, 0.3) is 0 Å². The minimum absolute atomic E-state index is 0.0727. The van der Waals surface area contributed by atoms with Gasteiger partial charge in [0.2, 0.25) is 15.9 Å². The van der Waals surface area contributed by atoms with Crippen LogP contribution in [-0.4, -0.2) is 49.7 Å². The minimum atomic E-state index is -3.63. The predicted molar refractivity (Wildman–Crippen MR) is 81.3 cm³/mol. The molecule has 5 nitrogen and oxygen atoms in total. The second-order valence-corrected chi connectivity index (χ2v) is 7.28. The summed E-state index contributed by atoms with van der Waals surface area (Å²) in [5, 5.41) is 0. The van der Waals surface area contributed by atoms with E-state index in [4.69, 9.17) is 0 Å². The number of amides is 1. The first-order valence-corrected chi connectivity index (χ1v) is 8.92. The summed E-state index contributed by atoms with van der Waals surface area (Å²) >= 11 is 0. The summed E-state index contributed by atoms with van der Waals surface area (Å²) in [6.45, 7) is 3.57. The molecule has 1 heterocycles. The lowest BCUT2D eigenvalue weighted by atomic mass is 10.3. The van der Waals surface area contributed by atoms with Crippen LogP contribution in [0.3, 0.4) is 0 Å². The number of benzene rings is 1. The molecule has 0 aliphatic carbocycles. The van der Waals surface area contributed by atoms with Gasteiger partial charge in [-0.15, -0.1) is 0 Å². The summed E-state index contributed by atoms with van der Waals surface area (Å²) in [7, 11) is -3.63. The Balaban J connectivity index is 2.10. The highest BCUT2D eigenvalue weighted by Crippen LogP contribution is 2.18. The van der Waals surface area contributed by atoms with E-state index in [2.05, 4.69) is 0 Å². The first-order chi connectivity index (χ1) is 10.4. The van der Waals surface area contributed by atoms with E-state index >= 15 is 0 Å². The molecule has 1 saturated heterocycles. The van der Waals surface area contributed by atoms with Crippen molar-refractivity contribution in [3.05, 3.63) is 30.1 Å². The maximum absolute atomic E-state index is 12.9. The van der Waals surface area contributed by atoms with Crippen molar-refractivity contribution in [2.45, 2.75) is 31.1 Å². The minimum Gasteiger partial charge on any atom is -0.341 e. The Morgan fingerprint density at radius 2 is 1.82 bits per heavy atom. The largest absolute Gasteiger partial charge is 0.341 e. The molecule has 0 atom stereocenters. The van der Waals surface area contributed by atoms with Gasteiger partial charge in [0.05, 0.1) is 4.90 Å². The third kappa shape index (κ3) is 3.84. The molecular formula is C15H21FN2O3S. The Kier molecular flexibility index (Phi) is 5.52. The van der Waals surface area contributed by atoms with E-state index in [0.29, 0.717) is 32.5 Å². The van der Waals surface area contributed by atoms with Gasteiger partial charge in [-0.05, 0) is 37.1 Å². The van der Waals surface area contributed by atoms with Crippen LogP contribution in [0.15, 0.2) is 29.2 Å². The van der Waals surface area contributed by atoms with Crippen molar-refractivity contribution in [2.75, 3.05) is 26.2 Å². The molecule has 1 aromatic rings. The summed E-state index contributed by atoms with van der Waals surface area (Å²) in [6.07, 6.45) is 1.88. The van der Waals surface area contributed by atoms with Gasteiger partial charge >= 0.3 is 0 Å². The van der Waals surface area contributed by atoms with Gasteiger partial charge in [0.1, 0.15) is 5.82 Å². The van der Waals surface area contributed by atoms with E-state index in [1.54, 1.807) is 4.90 Å². The van der Waals surface area contributed by atoms with Crippen LogP contribution in [0.1, 0.15) is 26.2 Å². The third-order valence-corrected chi connectivity index (χ3v) is 5.64. The van der Waals surface area contributed by atoms with Gasteiger partial charge in [-0.25, -0.2) is 12.8 Å². The molecule has 1 aliphatic heterocycles. The summed E-state index contributed by atoms with van der Waals surface area (Å²) in [5.74, 6) is -0.394. The second kappa shape index (κ2) is 7.19. The quantitative estimate of drug-likeness (QED) is 0.847. The second-order valence-electron chi connectivity index (χ2n) is 5.34. The molecule has 0 unspecified atom stereocenters. The molecule has 0 spiro atoms. The third-order valence-electron chi connectivity index (χ3n) is 3.72. The number of carbonyl (C=O) groups is 1. The molecule has 2 rings (SSSR count). The van der Waals surface area contributed by atoms with E-state index in [-0.39, 0.29) is 17.3 Å². The number of carbonyl (C=O) groups excluding carboxylic acids is 1. The molecule has 0 N–H and O–H groups in total. The monoisotopic (exact) mass is 328 g/mol. The lowest BCUT2D eigenvalue weighted by Gasteiger charge is -2.22. The van der Waals surface area contributed by atoms with Crippen molar-refractivity contribution in [1.29, 1.82) is 0 Å². The van der Waals surface area contributed by atoms with Crippen molar-refractivity contribution in [3.63, 3.8) is 0 Å². The van der Waals surface area contributed by atoms with Crippen LogP contribution in [0.2, 0.25) is 0 Å². The zero-order valence-corrected chi connectivity index (χ0v) is 13.5. The van der Waals surface area contributed by atoms with Gasteiger partial charge < -0.3 is 4.90 Å². The molecule has 22 heavy (non-hydrogen) atoms. The van der Waals surface area contributed by atoms with Crippen LogP contribution in [0.5, 0.6) is 0 Å². The Morgan fingerprint density at radius 1 is 1.14 bits per heavy atom. The summed E-state index contributed by atoms with van der Waals surface area (Å²) in [5.41, 5.74) is 0. The Hall–Kier alpha value is -1.47. The maximum atomic E-state index is 12.9. The number of nitrogens with zero attached hydrogens (tertiary/aromatic N) is 2. The van der Waals surface area contributed by atoms with Gasteiger partial charge in [0.15, 0.2) is 0 Å². The Labute approximate surface area is 130 Å². The van der Waals surface area contributed by atoms with Crippen LogP contribution < -0.4 is 0 Å². The summed E-state index contributed by atoms with van der Waals surface area (Å²) in [6, 6.07) is 4.83. The van der Waals surface area contributed by atoms with Crippen molar-refractivity contribution in [1.82, 2.24) is 9.21 Å². The van der Waals surface area contributed by atoms with Crippen molar-refractivity contribution < 1.29 is 17.6 Å². The van der Waals surface area contributed by atoms with E-state index < -0.39 is 15.8 Å². The van der Waals surface area contributed by atoms with Gasteiger partial charge in [0, 0.05) is 32.6 Å². The smallest absolute Gasteiger partial charge is 0.243 e. The molecule has 1 fully saturated rings. The fourth-order valence-electron chi connectivity index (χ4n) is 2.51. The zero-order valence-electron chi connectivity index (χ0n) is 12.7. The molecule has 7 heteroatoms. The van der Waals surface area contributed by atoms with E-state index in [9.17, 15) is 17.6 Å². The average Bonchev–Trinajstić information content (AvgIpc) is 2.74. The summed E-state index contributed by atoms with van der Waals surface area (Å²) in [4.78, 5) is 13.7. The van der Waals surface area contributed by atoms with Crippen molar-refractivity contribution >= 4 is 15.9 Å². The highest BCUT2D eigenvalue weighted by atomic mass is 32.2. The fraction of sp³-hybridized carbons (Fsp3) is 0.533. The van der Waals surface area contributed by atoms with Gasteiger partial charge in [-0.2, -0.15) is 4.31 Å². The van der Waals surface area contributed by atoms with Crippen molar-refractivity contribution in [3.8, 4) is 0 Å². The first-order valence-electron chi connectivity index (χ1n) is 7.48. The number of halogens is 1. The molecule has 0 saturated carbocycles. The van der Waals surface area contributed by atoms with Crippen molar-refractivity contribution in [2.24, 2.45) is 0 Å². The predicted octanol–water partition coefficient (Wildman–Crippen LogP) is 1.85. The zero-order chi connectivity index (χ0) is 16.2. The van der Waals surface area contributed by atoms with Gasteiger partial charge in [-0.1, -0.05) is 6.92 Å². The molecule has 1 aliphatic rings. The van der Waals surface area contributed by atoms with Crippen LogP contribution in [0.25, 0.3) is 0 Å². The standard InChI is InChI=1S/C15H21FN2O3S/c1-2-4-15(19)17-9-3-10-18(12-11-17)22(20,21)14-7-5-13(16)6-8-14/h5-8H,2-4,9-12H2,1H3. The fourth-order valence-corrected chi connectivity index (χ4v) is 3.98. The Morgan fingerprint density at radius 3 is 2.45 bits per heavy atom. The maximum Gasteiger partial charge on any atom is 0.243 e. The van der Waals surface area contributed by atoms with Crippen LogP contribution in [0, 0.1) is 5.82 Å². The number of hydrogen-bond acceptors (Lipinski definition) is 3. The number of sulfonamides is 1. The topological polar surface area (TPSA) is 57.7 Å². The average molecular weight is 328 g/mol. The molecule has 0 bridgehead atoms. The van der Waals surface area contributed by atoms with E-state index in [1.807, 2.05) is 6.92 Å². The Bertz CT molecular complexity index is 616. The number of rotatable bonds is 4.